The third-order valence-corrected chi connectivity index (χ3v) is 4.54. The van der Waals surface area contributed by atoms with Crippen molar-refractivity contribution in [3.63, 3.8) is 0 Å². The Morgan fingerprint density at radius 1 is 1.40 bits per heavy atom. The second kappa shape index (κ2) is 5.72. The van der Waals surface area contributed by atoms with Crippen LogP contribution in [-0.2, 0) is 4.79 Å². The van der Waals surface area contributed by atoms with Gasteiger partial charge in [-0.3, -0.25) is 9.69 Å². The predicted molar refractivity (Wildman–Crippen MR) is 81.1 cm³/mol. The number of aryl methyl sites for hydroxylation is 1. The number of carbonyl (C=O) groups is 1. The number of benzene rings is 1. The number of fused-ring (bicyclic) bond motifs is 1. The number of nitrogens with one attached hydrogen (secondary N) is 2. The van der Waals surface area contributed by atoms with E-state index in [9.17, 15) is 4.79 Å². The molecule has 1 aromatic rings. The Kier molecular flexibility index (Phi) is 3.96. The summed E-state index contributed by atoms with van der Waals surface area (Å²) in [5.41, 5.74) is 1.84. The average molecular weight is 294 g/mol. The molecule has 0 aliphatic carbocycles. The van der Waals surface area contributed by atoms with E-state index in [1.54, 1.807) is 6.07 Å². The number of hydrogen-bond acceptors (Lipinski definition) is 3. The zero-order chi connectivity index (χ0) is 14.1. The van der Waals surface area contributed by atoms with Gasteiger partial charge in [0.05, 0.1) is 6.54 Å². The van der Waals surface area contributed by atoms with Crippen molar-refractivity contribution >= 4 is 23.2 Å². The zero-order valence-electron chi connectivity index (χ0n) is 11.7. The maximum absolute atomic E-state index is 12.1. The summed E-state index contributed by atoms with van der Waals surface area (Å²) in [6.07, 6.45) is 0. The van der Waals surface area contributed by atoms with Gasteiger partial charge in [0.25, 0.3) is 0 Å². The van der Waals surface area contributed by atoms with Gasteiger partial charge in [-0.05, 0) is 49.5 Å². The second-order valence-electron chi connectivity index (χ2n) is 5.88. The lowest BCUT2D eigenvalue weighted by Crippen LogP contribution is -2.33. The lowest BCUT2D eigenvalue weighted by molar-refractivity contribution is -0.117. The topological polar surface area (TPSA) is 44.4 Å². The fourth-order valence-electron chi connectivity index (χ4n) is 3.20. The number of hydrogen-bond donors (Lipinski definition) is 2. The van der Waals surface area contributed by atoms with Crippen molar-refractivity contribution in [2.45, 2.75) is 6.92 Å². The number of nitrogens with zero attached hydrogens (tertiary/aromatic N) is 1. The molecule has 2 unspecified atom stereocenters. The minimum Gasteiger partial charge on any atom is -0.325 e. The fraction of sp³-hybridized carbons (Fsp3) is 0.533. The molecule has 3 rings (SSSR count). The van der Waals surface area contributed by atoms with Crippen molar-refractivity contribution in [2.24, 2.45) is 11.8 Å². The van der Waals surface area contributed by atoms with Gasteiger partial charge in [0.2, 0.25) is 5.91 Å². The van der Waals surface area contributed by atoms with Crippen LogP contribution >= 0.6 is 11.6 Å². The van der Waals surface area contributed by atoms with Crippen LogP contribution in [0.25, 0.3) is 0 Å². The maximum atomic E-state index is 12.1. The van der Waals surface area contributed by atoms with Crippen LogP contribution in [-0.4, -0.2) is 43.5 Å². The van der Waals surface area contributed by atoms with Crippen molar-refractivity contribution in [1.82, 2.24) is 10.2 Å². The molecule has 2 fully saturated rings. The Bertz CT molecular complexity index is 508. The molecule has 2 heterocycles. The van der Waals surface area contributed by atoms with E-state index >= 15 is 0 Å². The number of anilines is 1. The SMILES string of the molecule is Cc1ccc(Cl)cc1NC(=O)CN1CC2CNCC2C1. The van der Waals surface area contributed by atoms with Crippen LogP contribution in [0.3, 0.4) is 0 Å². The Hall–Kier alpha value is -1.10. The highest BCUT2D eigenvalue weighted by molar-refractivity contribution is 6.31. The molecular formula is C15H20ClN3O. The van der Waals surface area contributed by atoms with Crippen molar-refractivity contribution in [1.29, 1.82) is 0 Å². The second-order valence-corrected chi connectivity index (χ2v) is 6.32. The highest BCUT2D eigenvalue weighted by Gasteiger charge is 2.36. The molecule has 4 nitrogen and oxygen atoms in total. The number of halogens is 1. The number of rotatable bonds is 3. The first-order chi connectivity index (χ1) is 9.61. The van der Waals surface area contributed by atoms with E-state index in [1.165, 1.54) is 0 Å². The average Bonchev–Trinajstić information content (AvgIpc) is 2.94. The van der Waals surface area contributed by atoms with Crippen LogP contribution in [0.1, 0.15) is 5.56 Å². The van der Waals surface area contributed by atoms with Gasteiger partial charge < -0.3 is 10.6 Å². The van der Waals surface area contributed by atoms with E-state index in [2.05, 4.69) is 15.5 Å². The molecule has 0 spiro atoms. The molecule has 2 aliphatic heterocycles. The summed E-state index contributed by atoms with van der Waals surface area (Å²) in [5, 5.41) is 7.02. The monoisotopic (exact) mass is 293 g/mol. The van der Waals surface area contributed by atoms with E-state index in [4.69, 9.17) is 11.6 Å². The minimum absolute atomic E-state index is 0.0447. The van der Waals surface area contributed by atoms with Crippen molar-refractivity contribution in [2.75, 3.05) is 38.0 Å². The molecule has 1 amide bonds. The first kappa shape index (κ1) is 13.9. The van der Waals surface area contributed by atoms with Gasteiger partial charge in [0.1, 0.15) is 0 Å². The van der Waals surface area contributed by atoms with Crippen molar-refractivity contribution in [3.05, 3.63) is 28.8 Å². The summed E-state index contributed by atoms with van der Waals surface area (Å²) >= 11 is 5.97. The van der Waals surface area contributed by atoms with Crippen LogP contribution in [0.15, 0.2) is 18.2 Å². The van der Waals surface area contributed by atoms with Gasteiger partial charge in [0, 0.05) is 23.8 Å². The number of likely N-dealkylation sites (tertiary alicyclic amines) is 1. The highest BCUT2D eigenvalue weighted by Crippen LogP contribution is 2.26. The van der Waals surface area contributed by atoms with Gasteiger partial charge in [0.15, 0.2) is 0 Å². The smallest absolute Gasteiger partial charge is 0.238 e. The Morgan fingerprint density at radius 2 is 2.10 bits per heavy atom. The van der Waals surface area contributed by atoms with Gasteiger partial charge in [-0.15, -0.1) is 0 Å². The Balaban J connectivity index is 1.56. The van der Waals surface area contributed by atoms with Gasteiger partial charge in [-0.1, -0.05) is 17.7 Å². The van der Waals surface area contributed by atoms with Crippen LogP contribution in [0, 0.1) is 18.8 Å². The molecule has 108 valence electrons. The van der Waals surface area contributed by atoms with Crippen LogP contribution < -0.4 is 10.6 Å². The molecule has 2 atom stereocenters. The maximum Gasteiger partial charge on any atom is 0.238 e. The molecule has 2 saturated heterocycles. The molecule has 0 bridgehead atoms. The van der Waals surface area contributed by atoms with Gasteiger partial charge in [-0.25, -0.2) is 0 Å². The Labute approximate surface area is 124 Å². The molecule has 1 aromatic carbocycles. The first-order valence-electron chi connectivity index (χ1n) is 7.11. The summed E-state index contributed by atoms with van der Waals surface area (Å²) in [7, 11) is 0. The van der Waals surface area contributed by atoms with E-state index in [-0.39, 0.29) is 5.91 Å². The molecule has 0 radical (unpaired) electrons. The standard InChI is InChI=1S/C15H20ClN3O/c1-10-2-3-13(16)4-14(10)18-15(20)9-19-7-11-5-17-6-12(11)8-19/h2-4,11-12,17H,5-9H2,1H3,(H,18,20). The normalized spacial score (nSPS) is 25.7. The molecule has 5 heteroatoms. The first-order valence-corrected chi connectivity index (χ1v) is 7.48. The molecule has 0 saturated carbocycles. The van der Waals surface area contributed by atoms with Gasteiger partial charge >= 0.3 is 0 Å². The number of amides is 1. The summed E-state index contributed by atoms with van der Waals surface area (Å²) in [6.45, 7) is 6.68. The molecule has 2 aliphatic rings. The van der Waals surface area contributed by atoms with E-state index in [0.717, 1.165) is 49.3 Å². The summed E-state index contributed by atoms with van der Waals surface area (Å²) in [6, 6.07) is 5.56. The van der Waals surface area contributed by atoms with Gasteiger partial charge in [-0.2, -0.15) is 0 Å². The predicted octanol–water partition coefficient (Wildman–Crippen LogP) is 1.74. The summed E-state index contributed by atoms with van der Waals surface area (Å²) < 4.78 is 0. The quantitative estimate of drug-likeness (QED) is 0.892. The molecule has 2 N–H and O–H groups in total. The lowest BCUT2D eigenvalue weighted by Gasteiger charge is -2.17. The lowest BCUT2D eigenvalue weighted by atomic mass is 10.0. The minimum atomic E-state index is 0.0447. The highest BCUT2D eigenvalue weighted by atomic mass is 35.5. The van der Waals surface area contributed by atoms with Crippen molar-refractivity contribution in [3.8, 4) is 0 Å². The van der Waals surface area contributed by atoms with Crippen LogP contribution in [0.2, 0.25) is 5.02 Å². The summed E-state index contributed by atoms with van der Waals surface area (Å²) in [4.78, 5) is 14.4. The molecule has 0 aromatic heterocycles. The van der Waals surface area contributed by atoms with E-state index in [1.807, 2.05) is 19.1 Å². The third-order valence-electron chi connectivity index (χ3n) is 4.31. The molecular weight excluding hydrogens is 274 g/mol. The fourth-order valence-corrected chi connectivity index (χ4v) is 3.38. The zero-order valence-corrected chi connectivity index (χ0v) is 12.4. The third kappa shape index (κ3) is 2.97. The summed E-state index contributed by atoms with van der Waals surface area (Å²) in [5.74, 6) is 1.48. The van der Waals surface area contributed by atoms with E-state index in [0.29, 0.717) is 11.6 Å². The van der Waals surface area contributed by atoms with Crippen LogP contribution in [0.4, 0.5) is 5.69 Å². The number of carbonyl (C=O) groups excluding carboxylic acids is 1. The van der Waals surface area contributed by atoms with E-state index < -0.39 is 0 Å². The molecule has 20 heavy (non-hydrogen) atoms. The van der Waals surface area contributed by atoms with Crippen LogP contribution in [0.5, 0.6) is 0 Å². The largest absolute Gasteiger partial charge is 0.325 e. The Morgan fingerprint density at radius 3 is 2.80 bits per heavy atom. The van der Waals surface area contributed by atoms with Crippen molar-refractivity contribution < 1.29 is 4.79 Å².